The summed E-state index contributed by atoms with van der Waals surface area (Å²) < 4.78 is 0. The van der Waals surface area contributed by atoms with Gasteiger partial charge in [0.1, 0.15) is 12.1 Å². The maximum absolute atomic E-state index is 8.70. The third-order valence-electron chi connectivity index (χ3n) is 3.82. The van der Waals surface area contributed by atoms with Gasteiger partial charge < -0.3 is 4.90 Å². The van der Waals surface area contributed by atoms with Crippen LogP contribution in [0.3, 0.4) is 0 Å². The summed E-state index contributed by atoms with van der Waals surface area (Å²) in [5.74, 6) is 1.13. The van der Waals surface area contributed by atoms with E-state index in [9.17, 15) is 0 Å². The van der Waals surface area contributed by atoms with E-state index in [4.69, 9.17) is 5.26 Å². The first-order chi connectivity index (χ1) is 8.88. The molecule has 5 nitrogen and oxygen atoms in total. The van der Waals surface area contributed by atoms with E-state index in [1.165, 1.54) is 17.7 Å². The molecule has 0 unspecified atom stereocenters. The molecule has 0 radical (unpaired) electrons. The quantitative estimate of drug-likeness (QED) is 0.712. The minimum atomic E-state index is 0.537. The summed E-state index contributed by atoms with van der Waals surface area (Å²) in [7, 11) is 0. The zero-order valence-corrected chi connectivity index (χ0v) is 10.5. The van der Waals surface area contributed by atoms with Gasteiger partial charge in [-0.15, -0.1) is 0 Å². The fourth-order valence-corrected chi connectivity index (χ4v) is 2.83. The Labute approximate surface area is 107 Å². The number of rotatable bonds is 2. The van der Waals surface area contributed by atoms with Gasteiger partial charge in [0.2, 0.25) is 0 Å². The van der Waals surface area contributed by atoms with Crippen LogP contribution in [0.4, 0.5) is 5.82 Å². The van der Waals surface area contributed by atoms with Crippen LogP contribution in [0.25, 0.3) is 0 Å². The molecular weight excluding hydrogens is 226 g/mol. The number of anilines is 1. The number of fused-ring (bicyclic) bond motifs is 1. The fraction of sp³-hybridized carbons (Fsp3) is 0.615. The van der Waals surface area contributed by atoms with Crippen LogP contribution in [0, 0.1) is 11.3 Å². The van der Waals surface area contributed by atoms with Gasteiger partial charge in [0.25, 0.3) is 0 Å². The van der Waals surface area contributed by atoms with Gasteiger partial charge in [0.15, 0.2) is 0 Å². The number of aryl methyl sites for hydroxylation is 1. The molecule has 1 aliphatic carbocycles. The van der Waals surface area contributed by atoms with Crippen molar-refractivity contribution in [1.29, 1.82) is 5.26 Å². The molecule has 0 saturated carbocycles. The zero-order chi connectivity index (χ0) is 12.4. The van der Waals surface area contributed by atoms with Crippen LogP contribution < -0.4 is 4.90 Å². The molecule has 3 rings (SSSR count). The highest BCUT2D eigenvalue weighted by Crippen LogP contribution is 2.28. The van der Waals surface area contributed by atoms with Gasteiger partial charge in [-0.3, -0.25) is 4.90 Å². The van der Waals surface area contributed by atoms with Gasteiger partial charge >= 0.3 is 0 Å². The Morgan fingerprint density at radius 1 is 1.17 bits per heavy atom. The summed E-state index contributed by atoms with van der Waals surface area (Å²) in [6.07, 6.45) is 5.11. The zero-order valence-electron chi connectivity index (χ0n) is 10.5. The molecule has 1 aromatic rings. The van der Waals surface area contributed by atoms with Crippen LogP contribution in [-0.4, -0.2) is 47.6 Å². The average molecular weight is 243 g/mol. The number of nitrogens with zero attached hydrogens (tertiary/aromatic N) is 5. The van der Waals surface area contributed by atoms with Crippen LogP contribution in [0.15, 0.2) is 6.33 Å². The van der Waals surface area contributed by atoms with E-state index in [2.05, 4.69) is 25.8 Å². The van der Waals surface area contributed by atoms with Gasteiger partial charge in [-0.05, 0) is 19.3 Å². The number of hydrogen-bond acceptors (Lipinski definition) is 5. The number of aromatic nitrogens is 2. The Hall–Kier alpha value is -1.67. The van der Waals surface area contributed by atoms with E-state index < -0.39 is 0 Å². The van der Waals surface area contributed by atoms with E-state index in [1.54, 1.807) is 6.33 Å². The highest BCUT2D eigenvalue weighted by molar-refractivity contribution is 5.50. The first-order valence-corrected chi connectivity index (χ1v) is 6.55. The molecule has 0 spiro atoms. The SMILES string of the molecule is N#CCN1CCN(c2ncnc3c2CCC3)CC1. The molecule has 18 heavy (non-hydrogen) atoms. The second-order valence-corrected chi connectivity index (χ2v) is 4.90. The highest BCUT2D eigenvalue weighted by atomic mass is 15.3. The Bertz CT molecular complexity index is 471. The van der Waals surface area contributed by atoms with Crippen molar-refractivity contribution < 1.29 is 0 Å². The summed E-state index contributed by atoms with van der Waals surface area (Å²) in [5.41, 5.74) is 2.59. The summed E-state index contributed by atoms with van der Waals surface area (Å²) in [6.45, 7) is 4.37. The maximum Gasteiger partial charge on any atom is 0.135 e. The van der Waals surface area contributed by atoms with Gasteiger partial charge in [-0.2, -0.15) is 5.26 Å². The topological polar surface area (TPSA) is 56.1 Å². The van der Waals surface area contributed by atoms with Crippen molar-refractivity contribution in [3.8, 4) is 6.07 Å². The normalized spacial score (nSPS) is 19.6. The van der Waals surface area contributed by atoms with E-state index in [0.29, 0.717) is 6.54 Å². The molecule has 1 aromatic heterocycles. The van der Waals surface area contributed by atoms with Gasteiger partial charge in [-0.1, -0.05) is 0 Å². The molecule has 0 bridgehead atoms. The summed E-state index contributed by atoms with van der Waals surface area (Å²) in [4.78, 5) is 13.4. The van der Waals surface area contributed by atoms with Gasteiger partial charge in [0, 0.05) is 37.4 Å². The number of piperazine rings is 1. The second kappa shape index (κ2) is 4.91. The first kappa shape index (κ1) is 11.4. The third kappa shape index (κ3) is 2.04. The maximum atomic E-state index is 8.70. The minimum absolute atomic E-state index is 0.537. The lowest BCUT2D eigenvalue weighted by molar-refractivity contribution is 0.286. The van der Waals surface area contributed by atoms with Gasteiger partial charge in [0.05, 0.1) is 12.6 Å². The summed E-state index contributed by atoms with van der Waals surface area (Å²) in [5, 5.41) is 8.70. The third-order valence-corrected chi connectivity index (χ3v) is 3.82. The predicted octanol–water partition coefficient (Wildman–Crippen LogP) is 0.611. The molecule has 0 amide bonds. The molecule has 1 fully saturated rings. The molecule has 0 N–H and O–H groups in total. The largest absolute Gasteiger partial charge is 0.354 e. The lowest BCUT2D eigenvalue weighted by atomic mass is 10.2. The van der Waals surface area contributed by atoms with Crippen molar-refractivity contribution in [2.75, 3.05) is 37.6 Å². The fourth-order valence-electron chi connectivity index (χ4n) is 2.83. The first-order valence-electron chi connectivity index (χ1n) is 6.55. The van der Waals surface area contributed by atoms with Crippen LogP contribution in [0.5, 0.6) is 0 Å². The Morgan fingerprint density at radius 2 is 2.00 bits per heavy atom. The van der Waals surface area contributed by atoms with Crippen molar-refractivity contribution >= 4 is 5.82 Å². The van der Waals surface area contributed by atoms with E-state index in [-0.39, 0.29) is 0 Å². The Kier molecular flexibility index (Phi) is 3.11. The number of hydrogen-bond donors (Lipinski definition) is 0. The highest BCUT2D eigenvalue weighted by Gasteiger charge is 2.23. The van der Waals surface area contributed by atoms with E-state index in [0.717, 1.165) is 44.8 Å². The molecule has 1 saturated heterocycles. The van der Waals surface area contributed by atoms with Crippen LogP contribution >= 0.6 is 0 Å². The van der Waals surface area contributed by atoms with Crippen LogP contribution in [0.2, 0.25) is 0 Å². The second-order valence-electron chi connectivity index (χ2n) is 4.90. The monoisotopic (exact) mass is 243 g/mol. The van der Waals surface area contributed by atoms with Crippen molar-refractivity contribution in [3.63, 3.8) is 0 Å². The Morgan fingerprint density at radius 3 is 2.78 bits per heavy atom. The lowest BCUT2D eigenvalue weighted by Crippen LogP contribution is -2.47. The number of nitriles is 1. The van der Waals surface area contributed by atoms with Crippen molar-refractivity contribution in [3.05, 3.63) is 17.6 Å². The van der Waals surface area contributed by atoms with Crippen molar-refractivity contribution in [1.82, 2.24) is 14.9 Å². The Balaban J connectivity index is 1.74. The molecular formula is C13H17N5. The predicted molar refractivity (Wildman–Crippen MR) is 68.3 cm³/mol. The lowest BCUT2D eigenvalue weighted by Gasteiger charge is -2.34. The molecule has 1 aliphatic heterocycles. The van der Waals surface area contributed by atoms with Crippen LogP contribution in [-0.2, 0) is 12.8 Å². The molecule has 2 heterocycles. The average Bonchev–Trinajstić information content (AvgIpc) is 2.88. The van der Waals surface area contributed by atoms with E-state index in [1.807, 2.05) is 0 Å². The summed E-state index contributed by atoms with van der Waals surface area (Å²) >= 11 is 0. The van der Waals surface area contributed by atoms with Crippen LogP contribution in [0.1, 0.15) is 17.7 Å². The molecule has 2 aliphatic rings. The van der Waals surface area contributed by atoms with E-state index >= 15 is 0 Å². The summed E-state index contributed by atoms with van der Waals surface area (Å²) in [6, 6.07) is 2.22. The minimum Gasteiger partial charge on any atom is -0.354 e. The standard InChI is InChI=1S/C13H17N5/c14-4-5-17-6-8-18(9-7-17)13-11-2-1-3-12(11)15-10-16-13/h10H,1-3,5-9H2. The molecule has 0 atom stereocenters. The molecule has 94 valence electrons. The van der Waals surface area contributed by atoms with Crippen molar-refractivity contribution in [2.45, 2.75) is 19.3 Å². The van der Waals surface area contributed by atoms with Gasteiger partial charge in [-0.25, -0.2) is 9.97 Å². The molecule has 0 aromatic carbocycles. The molecule has 5 heteroatoms. The smallest absolute Gasteiger partial charge is 0.135 e. The van der Waals surface area contributed by atoms with Crippen molar-refractivity contribution in [2.24, 2.45) is 0 Å².